The lowest BCUT2D eigenvalue weighted by molar-refractivity contribution is -0.147. The van der Waals surface area contributed by atoms with Crippen LogP contribution in [0.4, 0.5) is 5.82 Å². The predicted molar refractivity (Wildman–Crippen MR) is 117 cm³/mol. The van der Waals surface area contributed by atoms with Gasteiger partial charge in [-0.25, -0.2) is 14.6 Å². The second-order valence-corrected chi connectivity index (χ2v) is 8.18. The van der Waals surface area contributed by atoms with E-state index in [-0.39, 0.29) is 53.5 Å². The molecule has 0 aliphatic heterocycles. The molecule has 170 valence electrons. The van der Waals surface area contributed by atoms with Crippen LogP contribution in [0.25, 0.3) is 11.1 Å². The number of nitrogen functional groups attached to an aromatic ring is 1. The van der Waals surface area contributed by atoms with Gasteiger partial charge in [-0.05, 0) is 37.0 Å². The van der Waals surface area contributed by atoms with E-state index in [2.05, 4.69) is 30.7 Å². The summed E-state index contributed by atoms with van der Waals surface area (Å²) in [4.78, 5) is 32.6. The van der Waals surface area contributed by atoms with Gasteiger partial charge < -0.3 is 24.4 Å². The molecule has 2 aromatic heterocycles. The molecule has 9 heteroatoms. The smallest absolute Gasteiger partial charge is 0.344 e. The molecule has 2 heterocycles. The minimum Gasteiger partial charge on any atom is -0.482 e. The molecule has 0 saturated carbocycles. The number of furan rings is 1. The van der Waals surface area contributed by atoms with E-state index in [0.717, 1.165) is 5.56 Å². The predicted octanol–water partition coefficient (Wildman–Crippen LogP) is 3.71. The summed E-state index contributed by atoms with van der Waals surface area (Å²) in [6.07, 6.45) is 0. The normalized spacial score (nSPS) is 11.4. The van der Waals surface area contributed by atoms with Crippen molar-refractivity contribution in [3.8, 4) is 5.75 Å². The van der Waals surface area contributed by atoms with Crippen LogP contribution in [0.2, 0.25) is 0 Å². The summed E-state index contributed by atoms with van der Waals surface area (Å²) >= 11 is 0. The van der Waals surface area contributed by atoms with Crippen molar-refractivity contribution in [2.45, 2.75) is 46.6 Å². The Balaban J connectivity index is 1.62. The molecule has 0 bridgehead atoms. The van der Waals surface area contributed by atoms with Gasteiger partial charge in [0.1, 0.15) is 22.9 Å². The van der Waals surface area contributed by atoms with Crippen molar-refractivity contribution in [2.24, 2.45) is 0 Å². The standard InChI is InChI=1S/C23H27N3O6/c1-6-29-22(28)18-13(2)32-21-19(18)20(24)25-16(26-21)11-31-17(27)12-30-15-9-7-14(8-10-15)23(3,4)5/h7-10H,6,11-12H2,1-5H3,(H2,24,25,26). The van der Waals surface area contributed by atoms with Crippen molar-refractivity contribution in [3.63, 3.8) is 0 Å². The fourth-order valence-electron chi connectivity index (χ4n) is 3.08. The zero-order valence-electron chi connectivity index (χ0n) is 18.9. The topological polar surface area (TPSA) is 127 Å². The maximum Gasteiger partial charge on any atom is 0.344 e. The van der Waals surface area contributed by atoms with Crippen LogP contribution >= 0.6 is 0 Å². The number of fused-ring (bicyclic) bond motifs is 1. The second-order valence-electron chi connectivity index (χ2n) is 8.18. The molecule has 0 aliphatic rings. The number of nitrogens with zero attached hydrogens (tertiary/aromatic N) is 2. The van der Waals surface area contributed by atoms with E-state index in [9.17, 15) is 9.59 Å². The summed E-state index contributed by atoms with van der Waals surface area (Å²) in [6.45, 7) is 9.39. The summed E-state index contributed by atoms with van der Waals surface area (Å²) in [6, 6.07) is 7.54. The number of aryl methyl sites for hydroxylation is 1. The number of hydrogen-bond acceptors (Lipinski definition) is 9. The Bertz CT molecular complexity index is 1130. The number of anilines is 1. The highest BCUT2D eigenvalue weighted by Crippen LogP contribution is 2.29. The van der Waals surface area contributed by atoms with E-state index in [4.69, 9.17) is 24.4 Å². The van der Waals surface area contributed by atoms with Gasteiger partial charge >= 0.3 is 11.9 Å². The van der Waals surface area contributed by atoms with Crippen LogP contribution in [0, 0.1) is 6.92 Å². The van der Waals surface area contributed by atoms with Crippen LogP contribution in [-0.4, -0.2) is 35.1 Å². The fourth-order valence-corrected chi connectivity index (χ4v) is 3.08. The first-order chi connectivity index (χ1) is 15.1. The van der Waals surface area contributed by atoms with Crippen molar-refractivity contribution in [1.82, 2.24) is 9.97 Å². The molecule has 0 radical (unpaired) electrons. The molecular weight excluding hydrogens is 414 g/mol. The van der Waals surface area contributed by atoms with Gasteiger partial charge in [0.2, 0.25) is 5.71 Å². The van der Waals surface area contributed by atoms with E-state index in [1.807, 2.05) is 24.3 Å². The molecule has 3 aromatic rings. The van der Waals surface area contributed by atoms with Crippen molar-refractivity contribution in [3.05, 3.63) is 47.0 Å². The zero-order valence-corrected chi connectivity index (χ0v) is 18.9. The number of ether oxygens (including phenoxy) is 3. The van der Waals surface area contributed by atoms with E-state index in [1.165, 1.54) is 0 Å². The van der Waals surface area contributed by atoms with E-state index in [0.29, 0.717) is 11.5 Å². The van der Waals surface area contributed by atoms with Crippen molar-refractivity contribution in [2.75, 3.05) is 18.9 Å². The molecule has 0 spiro atoms. The van der Waals surface area contributed by atoms with Crippen molar-refractivity contribution < 1.29 is 28.2 Å². The summed E-state index contributed by atoms with van der Waals surface area (Å²) in [5.74, 6) is -0.0898. The molecule has 0 saturated heterocycles. The maximum absolute atomic E-state index is 12.2. The highest BCUT2D eigenvalue weighted by Gasteiger charge is 2.24. The van der Waals surface area contributed by atoms with Crippen LogP contribution in [0.1, 0.15) is 55.2 Å². The van der Waals surface area contributed by atoms with E-state index in [1.54, 1.807) is 13.8 Å². The number of nitrogens with two attached hydrogens (primary N) is 1. The van der Waals surface area contributed by atoms with Gasteiger partial charge in [0.05, 0.1) is 12.0 Å². The van der Waals surface area contributed by atoms with Gasteiger partial charge in [0.15, 0.2) is 19.0 Å². The van der Waals surface area contributed by atoms with Gasteiger partial charge in [-0.2, -0.15) is 4.98 Å². The summed E-state index contributed by atoms with van der Waals surface area (Å²) in [7, 11) is 0. The second kappa shape index (κ2) is 9.25. The third-order valence-corrected chi connectivity index (χ3v) is 4.72. The first-order valence-corrected chi connectivity index (χ1v) is 10.2. The van der Waals surface area contributed by atoms with Gasteiger partial charge in [0, 0.05) is 0 Å². The molecule has 0 aliphatic carbocycles. The lowest BCUT2D eigenvalue weighted by atomic mass is 9.87. The Morgan fingerprint density at radius 1 is 1.09 bits per heavy atom. The molecule has 0 amide bonds. The lowest BCUT2D eigenvalue weighted by Gasteiger charge is -2.19. The summed E-state index contributed by atoms with van der Waals surface area (Å²) < 4.78 is 21.2. The van der Waals surface area contributed by atoms with Crippen LogP contribution in [-0.2, 0) is 26.3 Å². The summed E-state index contributed by atoms with van der Waals surface area (Å²) in [5.41, 5.74) is 7.51. The van der Waals surface area contributed by atoms with Crippen LogP contribution in [0.3, 0.4) is 0 Å². The van der Waals surface area contributed by atoms with Gasteiger partial charge in [-0.15, -0.1) is 0 Å². The van der Waals surface area contributed by atoms with Crippen molar-refractivity contribution in [1.29, 1.82) is 0 Å². The fraction of sp³-hybridized carbons (Fsp3) is 0.391. The first kappa shape index (κ1) is 23.1. The molecule has 9 nitrogen and oxygen atoms in total. The average molecular weight is 441 g/mol. The Morgan fingerprint density at radius 2 is 1.78 bits per heavy atom. The largest absolute Gasteiger partial charge is 0.482 e. The number of esters is 2. The quantitative estimate of drug-likeness (QED) is 0.546. The zero-order chi connectivity index (χ0) is 23.5. The molecular formula is C23H27N3O6. The lowest BCUT2D eigenvalue weighted by Crippen LogP contribution is -2.16. The molecule has 0 unspecified atom stereocenters. The van der Waals surface area contributed by atoms with Gasteiger partial charge in [0.25, 0.3) is 0 Å². The van der Waals surface area contributed by atoms with Crippen LogP contribution in [0.15, 0.2) is 28.7 Å². The van der Waals surface area contributed by atoms with Gasteiger partial charge in [-0.3, -0.25) is 0 Å². The monoisotopic (exact) mass is 441 g/mol. The Hall–Kier alpha value is -3.62. The van der Waals surface area contributed by atoms with E-state index >= 15 is 0 Å². The minimum atomic E-state index is -0.588. The number of hydrogen-bond donors (Lipinski definition) is 1. The molecule has 0 atom stereocenters. The molecule has 0 fully saturated rings. The minimum absolute atomic E-state index is 0.0318. The van der Waals surface area contributed by atoms with Crippen LogP contribution < -0.4 is 10.5 Å². The number of aromatic nitrogens is 2. The Morgan fingerprint density at radius 3 is 2.41 bits per heavy atom. The number of carbonyl (C=O) groups is 2. The van der Waals surface area contributed by atoms with Crippen LogP contribution in [0.5, 0.6) is 5.75 Å². The maximum atomic E-state index is 12.2. The Labute approximate surface area is 185 Å². The Kier molecular flexibility index (Phi) is 6.67. The first-order valence-electron chi connectivity index (χ1n) is 10.2. The van der Waals surface area contributed by atoms with Gasteiger partial charge in [-0.1, -0.05) is 32.9 Å². The molecule has 3 rings (SSSR count). The summed E-state index contributed by atoms with van der Waals surface area (Å²) in [5, 5.41) is 0.276. The molecule has 1 aromatic carbocycles. The third kappa shape index (κ3) is 5.16. The van der Waals surface area contributed by atoms with Crippen molar-refractivity contribution >= 4 is 28.9 Å². The SMILES string of the molecule is CCOC(=O)c1c(C)oc2nc(COC(=O)COc3ccc(C(C)(C)C)cc3)nc(N)c12. The third-order valence-electron chi connectivity index (χ3n) is 4.72. The van der Waals surface area contributed by atoms with E-state index < -0.39 is 11.9 Å². The number of benzene rings is 1. The highest BCUT2D eigenvalue weighted by molar-refractivity contribution is 6.07. The number of rotatable bonds is 7. The molecule has 2 N–H and O–H groups in total. The number of carbonyl (C=O) groups excluding carboxylic acids is 2. The highest BCUT2D eigenvalue weighted by atomic mass is 16.6. The average Bonchev–Trinajstić information content (AvgIpc) is 3.07. The molecule has 32 heavy (non-hydrogen) atoms.